The van der Waals surface area contributed by atoms with Crippen molar-refractivity contribution in [2.45, 2.75) is 44.8 Å². The molecule has 1 saturated heterocycles. The number of imidazole rings is 1. The standard InChI is InChI=1S/C25H27N7O5/c1-30-20(33)11-32(25(30)35)19-7-16(14-3-4-14)9-31-10-18(27-21(19)31)13-37-23-17(12-36-2)8-26-24(29-23)28-22(34)15-5-6-15/h7-10,14-15H,3-6,11-13H2,1-2H3,(H,26,28,29,34). The van der Waals surface area contributed by atoms with E-state index in [1.807, 2.05) is 22.9 Å². The number of nitrogens with zero attached hydrogens (tertiary/aromatic N) is 6. The smallest absolute Gasteiger partial charge is 0.331 e. The van der Waals surface area contributed by atoms with Gasteiger partial charge in [-0.1, -0.05) is 0 Å². The molecule has 3 aliphatic rings. The van der Waals surface area contributed by atoms with Gasteiger partial charge in [0.15, 0.2) is 5.65 Å². The molecule has 3 aromatic heterocycles. The van der Waals surface area contributed by atoms with Crippen molar-refractivity contribution >= 4 is 35.1 Å². The highest BCUT2D eigenvalue weighted by Crippen LogP contribution is 2.42. The molecule has 3 aromatic rings. The highest BCUT2D eigenvalue weighted by Gasteiger charge is 2.36. The SMILES string of the molecule is COCc1cnc(NC(=O)C2CC2)nc1OCc1cn2cc(C3CC3)cc(N3CC(=O)N(C)C3=O)c2n1. The number of methoxy groups -OCH3 is 1. The number of carbonyl (C=O) groups excluding carboxylic acids is 3. The third-order valence-electron chi connectivity index (χ3n) is 6.79. The van der Waals surface area contributed by atoms with Crippen molar-refractivity contribution in [3.05, 3.63) is 41.5 Å². The normalized spacial score (nSPS) is 17.7. The molecule has 12 heteroatoms. The summed E-state index contributed by atoms with van der Waals surface area (Å²) in [6.07, 6.45) is 9.39. The summed E-state index contributed by atoms with van der Waals surface area (Å²) < 4.78 is 13.1. The Bertz CT molecular complexity index is 1410. The van der Waals surface area contributed by atoms with E-state index in [2.05, 4.69) is 15.3 Å². The van der Waals surface area contributed by atoms with Crippen LogP contribution in [0.15, 0.2) is 24.7 Å². The van der Waals surface area contributed by atoms with Crippen LogP contribution in [0.5, 0.6) is 5.88 Å². The average Bonchev–Trinajstić information content (AvgIpc) is 3.81. The Balaban J connectivity index is 1.28. The van der Waals surface area contributed by atoms with Gasteiger partial charge in [0.2, 0.25) is 23.6 Å². The zero-order chi connectivity index (χ0) is 25.7. The molecule has 0 spiro atoms. The second-order valence-electron chi connectivity index (χ2n) is 9.73. The maximum atomic E-state index is 12.7. The fourth-order valence-corrected chi connectivity index (χ4v) is 4.38. The van der Waals surface area contributed by atoms with Crippen LogP contribution in [0, 0.1) is 5.92 Å². The second-order valence-corrected chi connectivity index (χ2v) is 9.73. The molecule has 0 radical (unpaired) electrons. The predicted molar refractivity (Wildman–Crippen MR) is 131 cm³/mol. The zero-order valence-electron chi connectivity index (χ0n) is 20.6. The lowest BCUT2D eigenvalue weighted by atomic mass is 10.1. The van der Waals surface area contributed by atoms with E-state index in [-0.39, 0.29) is 49.5 Å². The number of pyridine rings is 1. The van der Waals surface area contributed by atoms with Crippen molar-refractivity contribution in [2.75, 3.05) is 30.9 Å². The number of ether oxygens (including phenoxy) is 2. The van der Waals surface area contributed by atoms with Gasteiger partial charge in [-0.2, -0.15) is 4.98 Å². The summed E-state index contributed by atoms with van der Waals surface area (Å²) in [6, 6.07) is 1.59. The third-order valence-corrected chi connectivity index (χ3v) is 6.79. The fraction of sp³-hybridized carbons (Fsp3) is 0.440. The average molecular weight is 506 g/mol. The van der Waals surface area contributed by atoms with Gasteiger partial charge in [-0.15, -0.1) is 0 Å². The molecule has 0 bridgehead atoms. The van der Waals surface area contributed by atoms with Crippen LogP contribution in [0.3, 0.4) is 0 Å². The van der Waals surface area contributed by atoms with Crippen LogP contribution < -0.4 is 15.0 Å². The van der Waals surface area contributed by atoms with Gasteiger partial charge in [0.05, 0.1) is 23.6 Å². The molecule has 0 atom stereocenters. The van der Waals surface area contributed by atoms with Gasteiger partial charge in [-0.05, 0) is 43.2 Å². The van der Waals surface area contributed by atoms with Crippen molar-refractivity contribution in [3.8, 4) is 5.88 Å². The molecule has 3 fully saturated rings. The third kappa shape index (κ3) is 4.59. The second kappa shape index (κ2) is 9.11. The fourth-order valence-electron chi connectivity index (χ4n) is 4.38. The molecule has 2 saturated carbocycles. The van der Waals surface area contributed by atoms with E-state index in [4.69, 9.17) is 14.5 Å². The number of imide groups is 1. The van der Waals surface area contributed by atoms with Crippen molar-refractivity contribution in [2.24, 2.45) is 5.92 Å². The topological polar surface area (TPSA) is 131 Å². The maximum Gasteiger partial charge on any atom is 0.331 e. The van der Waals surface area contributed by atoms with Gasteiger partial charge < -0.3 is 13.9 Å². The Morgan fingerprint density at radius 2 is 1.95 bits per heavy atom. The number of anilines is 2. The molecule has 0 aromatic carbocycles. The number of rotatable bonds is 9. The van der Waals surface area contributed by atoms with Crippen molar-refractivity contribution in [1.82, 2.24) is 24.3 Å². The maximum absolute atomic E-state index is 12.7. The van der Waals surface area contributed by atoms with Gasteiger partial charge in [-0.25, -0.2) is 14.8 Å². The quantitative estimate of drug-likeness (QED) is 0.439. The monoisotopic (exact) mass is 505 g/mol. The number of aromatic nitrogens is 4. The number of likely N-dealkylation sites (N-methyl/N-ethyl adjacent to an activating group) is 1. The van der Waals surface area contributed by atoms with Crippen molar-refractivity contribution < 1.29 is 23.9 Å². The minimum atomic E-state index is -0.369. The van der Waals surface area contributed by atoms with E-state index in [9.17, 15) is 14.4 Å². The lowest BCUT2D eigenvalue weighted by Gasteiger charge is -2.17. The minimum Gasteiger partial charge on any atom is -0.471 e. The number of hydrogen-bond acceptors (Lipinski definition) is 8. The Labute approximate surface area is 212 Å². The molecule has 4 heterocycles. The molecule has 1 N–H and O–H groups in total. The van der Waals surface area contributed by atoms with Crippen LogP contribution >= 0.6 is 0 Å². The van der Waals surface area contributed by atoms with E-state index < -0.39 is 0 Å². The Morgan fingerprint density at radius 3 is 2.62 bits per heavy atom. The molecule has 6 rings (SSSR count). The molecule has 12 nitrogen and oxygen atoms in total. The van der Waals surface area contributed by atoms with Crippen LogP contribution in [0.1, 0.15) is 48.4 Å². The number of urea groups is 1. The number of hydrogen-bond donors (Lipinski definition) is 1. The molecule has 1 aliphatic heterocycles. The first kappa shape index (κ1) is 23.3. The highest BCUT2D eigenvalue weighted by molar-refractivity contribution is 6.13. The van der Waals surface area contributed by atoms with E-state index in [0.717, 1.165) is 36.1 Å². The van der Waals surface area contributed by atoms with E-state index in [1.165, 1.54) is 11.9 Å². The summed E-state index contributed by atoms with van der Waals surface area (Å²) in [5.41, 5.74) is 3.53. The Hall–Kier alpha value is -4.06. The summed E-state index contributed by atoms with van der Waals surface area (Å²) in [7, 11) is 3.05. The highest BCUT2D eigenvalue weighted by atomic mass is 16.5. The van der Waals surface area contributed by atoms with Crippen molar-refractivity contribution in [3.63, 3.8) is 0 Å². The first-order chi connectivity index (χ1) is 17.9. The van der Waals surface area contributed by atoms with E-state index >= 15 is 0 Å². The Morgan fingerprint density at radius 1 is 1.14 bits per heavy atom. The molecule has 192 valence electrons. The van der Waals surface area contributed by atoms with E-state index in [1.54, 1.807) is 13.3 Å². The van der Waals surface area contributed by atoms with Gasteiger partial charge >= 0.3 is 6.03 Å². The lowest BCUT2D eigenvalue weighted by molar-refractivity contribution is -0.124. The van der Waals surface area contributed by atoms with Gasteiger partial charge in [0.1, 0.15) is 13.2 Å². The summed E-state index contributed by atoms with van der Waals surface area (Å²) >= 11 is 0. The number of carbonyl (C=O) groups is 3. The molecular weight excluding hydrogens is 478 g/mol. The van der Waals surface area contributed by atoms with Crippen LogP contribution in [0.25, 0.3) is 5.65 Å². The molecule has 2 aliphatic carbocycles. The summed E-state index contributed by atoms with van der Waals surface area (Å²) in [5, 5.41) is 2.74. The molecule has 4 amide bonds. The van der Waals surface area contributed by atoms with Crippen LogP contribution in [-0.2, 0) is 27.5 Å². The first-order valence-corrected chi connectivity index (χ1v) is 12.3. The first-order valence-electron chi connectivity index (χ1n) is 12.3. The largest absolute Gasteiger partial charge is 0.471 e. The molecular formula is C25H27N7O5. The van der Waals surface area contributed by atoms with Crippen LogP contribution in [0.2, 0.25) is 0 Å². The lowest BCUT2D eigenvalue weighted by Crippen LogP contribution is -2.30. The predicted octanol–water partition coefficient (Wildman–Crippen LogP) is 2.47. The van der Waals surface area contributed by atoms with Gasteiger partial charge in [0, 0.05) is 38.7 Å². The number of amides is 4. The van der Waals surface area contributed by atoms with Crippen LogP contribution in [-0.4, -0.2) is 62.8 Å². The summed E-state index contributed by atoms with van der Waals surface area (Å²) in [6.45, 7) is 0.315. The number of nitrogens with one attached hydrogen (secondary N) is 1. The zero-order valence-corrected chi connectivity index (χ0v) is 20.6. The Kier molecular flexibility index (Phi) is 5.75. The molecule has 0 unspecified atom stereocenters. The summed E-state index contributed by atoms with van der Waals surface area (Å²) in [4.78, 5) is 53.0. The number of fused-ring (bicyclic) bond motifs is 1. The van der Waals surface area contributed by atoms with Crippen LogP contribution in [0.4, 0.5) is 16.4 Å². The van der Waals surface area contributed by atoms with Crippen molar-refractivity contribution in [1.29, 1.82) is 0 Å². The summed E-state index contributed by atoms with van der Waals surface area (Å²) in [5.74, 6) is 0.593. The minimum absolute atomic E-state index is 0.0194. The van der Waals surface area contributed by atoms with E-state index in [0.29, 0.717) is 34.4 Å². The van der Waals surface area contributed by atoms with Gasteiger partial charge in [0.25, 0.3) is 0 Å². The van der Waals surface area contributed by atoms with Gasteiger partial charge in [-0.3, -0.25) is 24.7 Å². The molecule has 37 heavy (non-hydrogen) atoms.